The Morgan fingerprint density at radius 2 is 1.63 bits per heavy atom. The molecule has 0 aromatic heterocycles. The number of nitrogens with one attached hydrogen (secondary N) is 1. The van der Waals surface area contributed by atoms with Gasteiger partial charge in [-0.2, -0.15) is 0 Å². The number of hydrogen-bond acceptors (Lipinski definition) is 6. The van der Waals surface area contributed by atoms with Crippen molar-refractivity contribution in [2.24, 2.45) is 0 Å². The van der Waals surface area contributed by atoms with Gasteiger partial charge in [0.05, 0.1) is 10.6 Å². The molecule has 0 aliphatic carbocycles. The van der Waals surface area contributed by atoms with E-state index in [1.807, 2.05) is 0 Å². The number of anilines is 1. The van der Waals surface area contributed by atoms with Crippen LogP contribution in [0.15, 0.2) is 77.7 Å². The normalized spacial score (nSPS) is 13.3. The van der Waals surface area contributed by atoms with E-state index >= 15 is 0 Å². The standard InChI is InChI=1S/C27H28ClN3O6S/c1-19(27(33)29-2)30(17-20-8-6-7-11-23(20)28)26(32)18-31(38(34,35)22-9-4-3-5-10-22)21-12-13-24-25(16-21)37-15-14-36-24/h3-13,16,19H,14-15,17-18H2,1-2H3,(H,29,33). The van der Waals surface area contributed by atoms with E-state index in [0.717, 1.165) is 4.31 Å². The van der Waals surface area contributed by atoms with Crippen molar-refractivity contribution in [2.75, 3.05) is 31.1 Å². The molecule has 11 heteroatoms. The van der Waals surface area contributed by atoms with Crippen molar-refractivity contribution in [3.8, 4) is 11.5 Å². The number of halogens is 1. The van der Waals surface area contributed by atoms with Crippen LogP contribution < -0.4 is 19.1 Å². The predicted octanol–water partition coefficient (Wildman–Crippen LogP) is 3.47. The SMILES string of the molecule is CNC(=O)C(C)N(Cc1ccccc1Cl)C(=O)CN(c1ccc2c(c1)OCCO2)S(=O)(=O)c1ccccc1. The summed E-state index contributed by atoms with van der Waals surface area (Å²) in [7, 11) is -2.71. The number of rotatable bonds is 9. The summed E-state index contributed by atoms with van der Waals surface area (Å²) in [5, 5.41) is 2.97. The summed E-state index contributed by atoms with van der Waals surface area (Å²) in [5.74, 6) is -0.129. The quantitative estimate of drug-likeness (QED) is 0.432. The highest BCUT2D eigenvalue weighted by Crippen LogP contribution is 2.36. The van der Waals surface area contributed by atoms with Crippen LogP contribution >= 0.6 is 11.6 Å². The second-order valence-corrected chi connectivity index (χ2v) is 10.8. The summed E-state index contributed by atoms with van der Waals surface area (Å²) in [4.78, 5) is 27.7. The summed E-state index contributed by atoms with van der Waals surface area (Å²) in [6.45, 7) is 1.71. The second kappa shape index (κ2) is 11.7. The third kappa shape index (κ3) is 5.87. The van der Waals surface area contributed by atoms with Gasteiger partial charge >= 0.3 is 0 Å². The van der Waals surface area contributed by atoms with Gasteiger partial charge in [-0.05, 0) is 42.8 Å². The Morgan fingerprint density at radius 1 is 0.974 bits per heavy atom. The maximum atomic E-state index is 13.8. The first-order valence-corrected chi connectivity index (χ1v) is 13.8. The zero-order chi connectivity index (χ0) is 27.3. The molecule has 0 saturated heterocycles. The molecule has 0 saturated carbocycles. The Bertz CT molecular complexity index is 1420. The van der Waals surface area contributed by atoms with Gasteiger partial charge in [-0.1, -0.05) is 48.0 Å². The third-order valence-electron chi connectivity index (χ3n) is 6.14. The highest BCUT2D eigenvalue weighted by Gasteiger charge is 2.33. The van der Waals surface area contributed by atoms with Crippen molar-refractivity contribution in [3.63, 3.8) is 0 Å². The fraction of sp³-hybridized carbons (Fsp3) is 0.259. The van der Waals surface area contributed by atoms with Gasteiger partial charge in [-0.15, -0.1) is 0 Å². The monoisotopic (exact) mass is 557 g/mol. The topological polar surface area (TPSA) is 105 Å². The number of carbonyl (C=O) groups is 2. The number of benzene rings is 3. The lowest BCUT2D eigenvalue weighted by Crippen LogP contribution is -2.50. The maximum absolute atomic E-state index is 13.8. The molecule has 1 heterocycles. The first-order chi connectivity index (χ1) is 18.2. The Labute approximate surface area is 227 Å². The van der Waals surface area contributed by atoms with Crippen LogP contribution in [0.1, 0.15) is 12.5 Å². The molecule has 0 fully saturated rings. The van der Waals surface area contributed by atoms with Crippen molar-refractivity contribution < 1.29 is 27.5 Å². The van der Waals surface area contributed by atoms with Crippen LogP contribution in [-0.4, -0.2) is 58.0 Å². The summed E-state index contributed by atoms with van der Waals surface area (Å²) in [6, 6.07) is 18.6. The lowest BCUT2D eigenvalue weighted by atomic mass is 10.1. The fourth-order valence-electron chi connectivity index (χ4n) is 4.04. The van der Waals surface area contributed by atoms with Crippen molar-refractivity contribution in [1.82, 2.24) is 10.2 Å². The molecule has 0 spiro atoms. The van der Waals surface area contributed by atoms with Crippen molar-refractivity contribution in [3.05, 3.63) is 83.4 Å². The van der Waals surface area contributed by atoms with Crippen molar-refractivity contribution in [1.29, 1.82) is 0 Å². The van der Waals surface area contributed by atoms with Crippen LogP contribution in [-0.2, 0) is 26.2 Å². The minimum atomic E-state index is -4.18. The van der Waals surface area contributed by atoms with Crippen LogP contribution in [0.2, 0.25) is 5.02 Å². The van der Waals surface area contributed by atoms with Crippen LogP contribution in [0.3, 0.4) is 0 Å². The zero-order valence-corrected chi connectivity index (χ0v) is 22.5. The van der Waals surface area contributed by atoms with E-state index in [0.29, 0.717) is 35.3 Å². The Hall–Kier alpha value is -3.76. The number of nitrogens with zero attached hydrogens (tertiary/aromatic N) is 2. The van der Waals surface area contributed by atoms with Gasteiger partial charge in [0.1, 0.15) is 25.8 Å². The first kappa shape index (κ1) is 27.3. The number of ether oxygens (including phenoxy) is 2. The van der Waals surface area contributed by atoms with Gasteiger partial charge in [0.15, 0.2) is 11.5 Å². The molecule has 200 valence electrons. The fourth-order valence-corrected chi connectivity index (χ4v) is 5.66. The number of hydrogen-bond donors (Lipinski definition) is 1. The van der Waals surface area contributed by atoms with E-state index in [1.54, 1.807) is 61.5 Å². The van der Waals surface area contributed by atoms with Crippen molar-refractivity contribution in [2.45, 2.75) is 24.4 Å². The van der Waals surface area contributed by atoms with Gasteiger partial charge in [-0.3, -0.25) is 13.9 Å². The van der Waals surface area contributed by atoms with Gasteiger partial charge in [0.2, 0.25) is 11.8 Å². The number of sulfonamides is 1. The van der Waals surface area contributed by atoms with Crippen LogP contribution in [0.5, 0.6) is 11.5 Å². The smallest absolute Gasteiger partial charge is 0.264 e. The number of likely N-dealkylation sites (N-methyl/N-ethyl adjacent to an activating group) is 1. The van der Waals surface area contributed by atoms with Crippen LogP contribution in [0.25, 0.3) is 0 Å². The van der Waals surface area contributed by atoms with Crippen LogP contribution in [0.4, 0.5) is 5.69 Å². The molecule has 1 N–H and O–H groups in total. The molecule has 1 aliphatic heterocycles. The van der Waals surface area contributed by atoms with E-state index in [4.69, 9.17) is 21.1 Å². The molecular weight excluding hydrogens is 530 g/mol. The van der Waals surface area contributed by atoms with Crippen LogP contribution in [0, 0.1) is 0 Å². The summed E-state index contributed by atoms with van der Waals surface area (Å²) in [5.41, 5.74) is 0.840. The molecule has 2 amide bonds. The van der Waals surface area contributed by atoms with Crippen molar-refractivity contribution >= 4 is 39.1 Å². The number of fused-ring (bicyclic) bond motifs is 1. The lowest BCUT2D eigenvalue weighted by molar-refractivity contribution is -0.139. The van der Waals surface area contributed by atoms with E-state index in [-0.39, 0.29) is 17.1 Å². The molecule has 0 radical (unpaired) electrons. The Morgan fingerprint density at radius 3 is 2.32 bits per heavy atom. The molecular formula is C27H28ClN3O6S. The molecule has 1 atom stereocenters. The summed E-state index contributed by atoms with van der Waals surface area (Å²) in [6.07, 6.45) is 0. The second-order valence-electron chi connectivity index (χ2n) is 8.56. The highest BCUT2D eigenvalue weighted by atomic mass is 35.5. The molecule has 38 heavy (non-hydrogen) atoms. The van der Waals surface area contributed by atoms with Gasteiger partial charge in [-0.25, -0.2) is 8.42 Å². The lowest BCUT2D eigenvalue weighted by Gasteiger charge is -2.32. The van der Waals surface area contributed by atoms with E-state index in [2.05, 4.69) is 5.32 Å². The average Bonchev–Trinajstić information content (AvgIpc) is 2.94. The molecule has 0 bridgehead atoms. The molecule has 4 rings (SSSR count). The minimum absolute atomic E-state index is 0.00740. The minimum Gasteiger partial charge on any atom is -0.486 e. The largest absolute Gasteiger partial charge is 0.486 e. The van der Waals surface area contributed by atoms with E-state index < -0.39 is 34.4 Å². The summed E-state index contributed by atoms with van der Waals surface area (Å²) < 4.78 is 39.9. The molecule has 1 unspecified atom stereocenters. The van der Waals surface area contributed by atoms with Gasteiger partial charge < -0.3 is 19.7 Å². The number of carbonyl (C=O) groups excluding carboxylic acids is 2. The highest BCUT2D eigenvalue weighted by molar-refractivity contribution is 7.92. The molecule has 3 aromatic carbocycles. The Balaban J connectivity index is 1.74. The first-order valence-electron chi connectivity index (χ1n) is 11.9. The van der Waals surface area contributed by atoms with Gasteiger partial charge in [0.25, 0.3) is 10.0 Å². The third-order valence-corrected chi connectivity index (χ3v) is 8.29. The summed E-state index contributed by atoms with van der Waals surface area (Å²) >= 11 is 6.34. The zero-order valence-electron chi connectivity index (χ0n) is 21.0. The molecule has 3 aromatic rings. The number of amides is 2. The van der Waals surface area contributed by atoms with Gasteiger partial charge in [0, 0.05) is 24.7 Å². The molecule has 1 aliphatic rings. The average molecular weight is 558 g/mol. The maximum Gasteiger partial charge on any atom is 0.264 e. The predicted molar refractivity (Wildman–Crippen MR) is 144 cm³/mol. The van der Waals surface area contributed by atoms with E-state index in [1.165, 1.54) is 30.1 Å². The Kier molecular flexibility index (Phi) is 8.43. The molecule has 9 nitrogen and oxygen atoms in total. The van der Waals surface area contributed by atoms with E-state index in [9.17, 15) is 18.0 Å².